The lowest BCUT2D eigenvalue weighted by Crippen LogP contribution is -2.56. The maximum atomic E-state index is 13.7. The number of rotatable bonds is 9. The highest BCUT2D eigenvalue weighted by atomic mass is 32.2. The van der Waals surface area contributed by atoms with Crippen LogP contribution in [0.4, 0.5) is 0 Å². The summed E-state index contributed by atoms with van der Waals surface area (Å²) in [6.07, 6.45) is 4.37. The van der Waals surface area contributed by atoms with Crippen molar-refractivity contribution in [1.29, 1.82) is 0 Å². The molecule has 3 amide bonds. The molecular formula is C21H28N6O5S. The number of hydrogen-bond donors (Lipinski definition) is 1. The number of sulfonamides is 1. The van der Waals surface area contributed by atoms with Crippen LogP contribution >= 0.6 is 0 Å². The molecule has 0 bridgehead atoms. The van der Waals surface area contributed by atoms with E-state index >= 15 is 0 Å². The Morgan fingerprint density at radius 1 is 1.21 bits per heavy atom. The monoisotopic (exact) mass is 476 g/mol. The first-order valence-corrected chi connectivity index (χ1v) is 12.1. The van der Waals surface area contributed by atoms with E-state index in [9.17, 15) is 22.8 Å². The van der Waals surface area contributed by atoms with Gasteiger partial charge in [-0.25, -0.2) is 23.1 Å². The van der Waals surface area contributed by atoms with Gasteiger partial charge in [-0.1, -0.05) is 30.3 Å². The van der Waals surface area contributed by atoms with Gasteiger partial charge in [0, 0.05) is 32.5 Å². The van der Waals surface area contributed by atoms with Crippen LogP contribution in [-0.4, -0.2) is 83.5 Å². The number of aromatic nitrogens is 2. The second-order valence-corrected chi connectivity index (χ2v) is 10.0. The van der Waals surface area contributed by atoms with Gasteiger partial charge in [0.05, 0.1) is 18.2 Å². The molecule has 2 heterocycles. The first kappa shape index (κ1) is 24.4. The number of amides is 3. The number of imidazole rings is 1. The zero-order valence-electron chi connectivity index (χ0n) is 18.6. The highest BCUT2D eigenvalue weighted by Crippen LogP contribution is 2.19. The topological polar surface area (TPSA) is 139 Å². The molecule has 0 saturated carbocycles. The van der Waals surface area contributed by atoms with Crippen LogP contribution in [0.2, 0.25) is 0 Å². The van der Waals surface area contributed by atoms with Gasteiger partial charge in [0.1, 0.15) is 12.4 Å². The van der Waals surface area contributed by atoms with Gasteiger partial charge in [-0.3, -0.25) is 14.4 Å². The summed E-state index contributed by atoms with van der Waals surface area (Å²) in [4.78, 5) is 43.1. The fraction of sp³-hybridized carbons (Fsp3) is 0.429. The average molecular weight is 477 g/mol. The molecule has 0 radical (unpaired) electrons. The van der Waals surface area contributed by atoms with Crippen LogP contribution in [-0.2, 0) is 30.8 Å². The summed E-state index contributed by atoms with van der Waals surface area (Å²) in [7, 11) is -2.34. The molecule has 1 aliphatic heterocycles. The van der Waals surface area contributed by atoms with Gasteiger partial charge in [0.2, 0.25) is 27.7 Å². The van der Waals surface area contributed by atoms with Crippen molar-refractivity contribution in [2.45, 2.75) is 19.4 Å². The molecule has 3 rings (SSSR count). The van der Waals surface area contributed by atoms with Crippen molar-refractivity contribution in [3.8, 4) is 0 Å². The number of piperazine rings is 1. The summed E-state index contributed by atoms with van der Waals surface area (Å²) in [6, 6.07) is 7.96. The van der Waals surface area contributed by atoms with E-state index in [0.29, 0.717) is 0 Å². The van der Waals surface area contributed by atoms with Crippen LogP contribution in [0.25, 0.3) is 0 Å². The average Bonchev–Trinajstić information content (AvgIpc) is 3.30. The number of likely N-dealkylation sites (N-methyl/N-ethyl adjacent to an activating group) is 1. The van der Waals surface area contributed by atoms with Crippen molar-refractivity contribution in [3.63, 3.8) is 0 Å². The second kappa shape index (κ2) is 10.1. The minimum absolute atomic E-state index is 0.122. The Labute approximate surface area is 192 Å². The molecule has 0 aliphatic carbocycles. The van der Waals surface area contributed by atoms with Gasteiger partial charge in [-0.15, -0.1) is 0 Å². The predicted molar refractivity (Wildman–Crippen MR) is 121 cm³/mol. The Bertz CT molecular complexity index is 1090. The number of nitrogens with two attached hydrogens (primary N) is 1. The summed E-state index contributed by atoms with van der Waals surface area (Å²) in [5.41, 5.74) is 6.23. The third-order valence-corrected chi connectivity index (χ3v) is 7.57. The van der Waals surface area contributed by atoms with E-state index in [4.69, 9.17) is 5.73 Å². The van der Waals surface area contributed by atoms with E-state index in [1.807, 2.05) is 6.07 Å². The van der Waals surface area contributed by atoms with E-state index in [1.165, 1.54) is 35.2 Å². The first-order valence-electron chi connectivity index (χ1n) is 10.5. The van der Waals surface area contributed by atoms with Crippen molar-refractivity contribution in [2.75, 3.05) is 37.4 Å². The number of carbonyl (C=O) groups is 3. The molecule has 1 aromatic carbocycles. The van der Waals surface area contributed by atoms with E-state index in [1.54, 1.807) is 31.3 Å². The zero-order valence-corrected chi connectivity index (χ0v) is 19.4. The molecule has 0 spiro atoms. The van der Waals surface area contributed by atoms with Gasteiger partial charge < -0.3 is 10.6 Å². The molecule has 2 atom stereocenters. The molecule has 178 valence electrons. The summed E-state index contributed by atoms with van der Waals surface area (Å²) >= 11 is 0. The molecule has 12 heteroatoms. The summed E-state index contributed by atoms with van der Waals surface area (Å²) in [5, 5.41) is 1.12. The van der Waals surface area contributed by atoms with Crippen LogP contribution in [0.1, 0.15) is 12.5 Å². The van der Waals surface area contributed by atoms with Gasteiger partial charge in [0.15, 0.2) is 0 Å². The molecule has 1 saturated heterocycles. The minimum atomic E-state index is -3.96. The van der Waals surface area contributed by atoms with Crippen molar-refractivity contribution < 1.29 is 22.8 Å². The number of nitrogens with zero attached hydrogens (tertiary/aromatic N) is 5. The molecule has 11 nitrogen and oxygen atoms in total. The smallest absolute Gasteiger partial charge is 0.246 e. The van der Waals surface area contributed by atoms with Crippen molar-refractivity contribution >= 4 is 27.7 Å². The Kier molecular flexibility index (Phi) is 7.49. The normalized spacial score (nSPS) is 16.9. The highest BCUT2D eigenvalue weighted by molar-refractivity contribution is 7.89. The second-order valence-electron chi connectivity index (χ2n) is 8.02. The molecule has 2 N–H and O–H groups in total. The lowest BCUT2D eigenvalue weighted by atomic mass is 9.99. The molecule has 1 fully saturated rings. The Morgan fingerprint density at radius 2 is 1.91 bits per heavy atom. The molecule has 1 aliphatic rings. The third-order valence-electron chi connectivity index (χ3n) is 5.65. The number of hydrogen-bond acceptors (Lipinski definition) is 6. The zero-order chi connectivity index (χ0) is 24.2. The first-order chi connectivity index (χ1) is 15.6. The number of primary amides is 1. The number of benzene rings is 1. The summed E-state index contributed by atoms with van der Waals surface area (Å²) in [6.45, 7) is 1.62. The van der Waals surface area contributed by atoms with E-state index < -0.39 is 39.6 Å². The van der Waals surface area contributed by atoms with E-state index in [-0.39, 0.29) is 32.0 Å². The fourth-order valence-corrected chi connectivity index (χ4v) is 5.29. The molecular weight excluding hydrogens is 448 g/mol. The largest absolute Gasteiger partial charge is 0.368 e. The number of carbonyl (C=O) groups excluding carboxylic acids is 3. The van der Waals surface area contributed by atoms with E-state index in [2.05, 4.69) is 4.98 Å². The lowest BCUT2D eigenvalue weighted by molar-refractivity contribution is -0.132. The van der Waals surface area contributed by atoms with Crippen molar-refractivity contribution in [3.05, 3.63) is 54.6 Å². The maximum Gasteiger partial charge on any atom is 0.246 e. The standard InChI is InChI=1S/C21H28N6O5S/c1-16(20(22)29)27(25-9-8-23-15-25)21(30)18(12-17-6-4-3-5-7-17)14-33(31,32)26-11-10-24(2)19(28)13-26/h3-9,15-16,18H,10-14H2,1-2H3,(H2,22,29). The van der Waals surface area contributed by atoms with Crippen LogP contribution in [0.5, 0.6) is 0 Å². The third kappa shape index (κ3) is 5.76. The molecule has 2 unspecified atom stereocenters. The quantitative estimate of drug-likeness (QED) is 0.502. The summed E-state index contributed by atoms with van der Waals surface area (Å²) < 4.78 is 28.9. The van der Waals surface area contributed by atoms with Gasteiger partial charge in [0.25, 0.3) is 0 Å². The lowest BCUT2D eigenvalue weighted by Gasteiger charge is -2.34. The van der Waals surface area contributed by atoms with E-state index in [0.717, 1.165) is 14.9 Å². The maximum absolute atomic E-state index is 13.7. The predicted octanol–water partition coefficient (Wildman–Crippen LogP) is -0.816. The molecule has 2 aromatic rings. The molecule has 33 heavy (non-hydrogen) atoms. The van der Waals surface area contributed by atoms with Crippen molar-refractivity contribution in [1.82, 2.24) is 18.9 Å². The van der Waals surface area contributed by atoms with Crippen LogP contribution in [0, 0.1) is 5.92 Å². The van der Waals surface area contributed by atoms with Gasteiger partial charge >= 0.3 is 0 Å². The molecule has 1 aromatic heterocycles. The van der Waals surface area contributed by atoms with Gasteiger partial charge in [-0.05, 0) is 18.9 Å². The van der Waals surface area contributed by atoms with Crippen LogP contribution in [0.15, 0.2) is 49.1 Å². The van der Waals surface area contributed by atoms with Gasteiger partial charge in [-0.2, -0.15) is 4.31 Å². The SMILES string of the molecule is CC(C(N)=O)N(C(=O)C(Cc1ccccc1)CS(=O)(=O)N1CCN(C)C(=O)C1)n1ccnc1. The fourth-order valence-electron chi connectivity index (χ4n) is 3.64. The Balaban J connectivity index is 1.94. The highest BCUT2D eigenvalue weighted by Gasteiger charge is 2.38. The van der Waals surface area contributed by atoms with Crippen LogP contribution < -0.4 is 10.7 Å². The summed E-state index contributed by atoms with van der Waals surface area (Å²) in [5.74, 6) is -3.20. The minimum Gasteiger partial charge on any atom is -0.368 e. The Morgan fingerprint density at radius 3 is 2.48 bits per heavy atom. The Hall–Kier alpha value is -3.25. The van der Waals surface area contributed by atoms with Crippen molar-refractivity contribution in [2.24, 2.45) is 11.7 Å². The van der Waals surface area contributed by atoms with Crippen LogP contribution in [0.3, 0.4) is 0 Å².